The number of aliphatic imine (C=N–C) groups is 2. The zero-order chi connectivity index (χ0) is 27.1. The van der Waals surface area contributed by atoms with Crippen LogP contribution in [0.3, 0.4) is 0 Å². The van der Waals surface area contributed by atoms with Crippen LogP contribution in [0.15, 0.2) is 9.98 Å². The second-order valence-electron chi connectivity index (χ2n) is 8.25. The smallest absolute Gasteiger partial charge is 0.326 e. The van der Waals surface area contributed by atoms with E-state index in [4.69, 9.17) is 22.9 Å². The van der Waals surface area contributed by atoms with Crippen LogP contribution in [0.2, 0.25) is 0 Å². The van der Waals surface area contributed by atoms with E-state index in [2.05, 4.69) is 31.3 Å². The minimum absolute atomic E-state index is 0.0379. The van der Waals surface area contributed by atoms with Crippen LogP contribution in [0.1, 0.15) is 38.5 Å². The fraction of sp³-hybridized carbons (Fsp3) is 0.700. The summed E-state index contributed by atoms with van der Waals surface area (Å²) in [6, 6.07) is -4.21. The number of amides is 3. The van der Waals surface area contributed by atoms with Crippen molar-refractivity contribution in [3.8, 4) is 0 Å². The Labute approximate surface area is 208 Å². The molecular weight excluding hydrogens is 476 g/mol. The van der Waals surface area contributed by atoms with E-state index in [0.29, 0.717) is 13.0 Å². The van der Waals surface area contributed by atoms with E-state index in [1.54, 1.807) is 0 Å². The number of hydrogen-bond acceptors (Lipinski definition) is 8. The third kappa shape index (κ3) is 11.7. The summed E-state index contributed by atoms with van der Waals surface area (Å²) >= 11 is 0. The van der Waals surface area contributed by atoms with Gasteiger partial charge in [-0.1, -0.05) is 0 Å². The van der Waals surface area contributed by atoms with Gasteiger partial charge >= 0.3 is 5.97 Å². The number of carboxylic acid groups (broad SMARTS) is 1. The Bertz CT molecular complexity index is 807. The molecule has 1 rings (SSSR count). The van der Waals surface area contributed by atoms with Gasteiger partial charge < -0.3 is 54.4 Å². The molecule has 0 aromatic heterocycles. The first-order valence-electron chi connectivity index (χ1n) is 11.6. The number of guanidine groups is 2. The molecule has 1 saturated heterocycles. The molecule has 36 heavy (non-hydrogen) atoms. The summed E-state index contributed by atoms with van der Waals surface area (Å²) in [6.07, 6.45) is 2.07. The molecule has 0 bridgehead atoms. The molecule has 0 aliphatic carbocycles. The molecule has 1 aliphatic rings. The molecule has 0 aromatic rings. The van der Waals surface area contributed by atoms with E-state index in [-0.39, 0.29) is 50.7 Å². The lowest BCUT2D eigenvalue weighted by Crippen LogP contribution is -2.58. The standard InChI is InChI=1S/C20H38N10O6/c21-19(22)26-8-2-5-12(16(33)29-13(18(35)36)6-3-9-27-20(23)24)28-17(34)14(10-31)30-15(32)11-4-1-7-25-11/h11-14,25,31H,1-10H2,(H,28,34)(H,29,33)(H,30,32)(H,35,36)(H4,21,22,26)(H4,23,24,27). The fourth-order valence-electron chi connectivity index (χ4n) is 3.45. The molecule has 0 spiro atoms. The summed E-state index contributed by atoms with van der Waals surface area (Å²) in [5.41, 5.74) is 21.1. The lowest BCUT2D eigenvalue weighted by Gasteiger charge is -2.24. The number of aliphatic hydroxyl groups is 1. The maximum absolute atomic E-state index is 12.9. The molecule has 1 heterocycles. The molecule has 1 fully saturated rings. The summed E-state index contributed by atoms with van der Waals surface area (Å²) in [5, 5.41) is 29.4. The Morgan fingerprint density at radius 2 is 1.39 bits per heavy atom. The normalized spacial score (nSPS) is 17.2. The van der Waals surface area contributed by atoms with Gasteiger partial charge in [0.1, 0.15) is 18.1 Å². The number of carbonyl (C=O) groups excluding carboxylic acids is 3. The first kappa shape index (κ1) is 30.4. The Hall–Kier alpha value is -3.66. The maximum atomic E-state index is 12.9. The van der Waals surface area contributed by atoms with Crippen molar-refractivity contribution in [2.24, 2.45) is 32.9 Å². The van der Waals surface area contributed by atoms with E-state index >= 15 is 0 Å². The van der Waals surface area contributed by atoms with E-state index in [1.165, 1.54) is 0 Å². The Morgan fingerprint density at radius 3 is 1.86 bits per heavy atom. The summed E-state index contributed by atoms with van der Waals surface area (Å²) in [4.78, 5) is 57.2. The van der Waals surface area contributed by atoms with Crippen molar-refractivity contribution in [3.05, 3.63) is 0 Å². The first-order valence-corrected chi connectivity index (χ1v) is 11.6. The van der Waals surface area contributed by atoms with E-state index < -0.39 is 54.5 Å². The van der Waals surface area contributed by atoms with Gasteiger partial charge in [-0.3, -0.25) is 24.4 Å². The largest absolute Gasteiger partial charge is 0.480 e. The number of carboxylic acids is 1. The van der Waals surface area contributed by atoms with Crippen LogP contribution < -0.4 is 44.2 Å². The molecule has 14 N–H and O–H groups in total. The van der Waals surface area contributed by atoms with Gasteiger partial charge in [0.15, 0.2) is 11.9 Å². The highest BCUT2D eigenvalue weighted by molar-refractivity contribution is 5.94. The minimum atomic E-state index is -1.30. The lowest BCUT2D eigenvalue weighted by molar-refractivity contribution is -0.142. The number of aliphatic hydroxyl groups excluding tert-OH is 1. The molecule has 16 heteroatoms. The second-order valence-corrected chi connectivity index (χ2v) is 8.25. The summed E-state index contributed by atoms with van der Waals surface area (Å²) in [6.45, 7) is 0.308. The Kier molecular flexibility index (Phi) is 13.6. The SMILES string of the molecule is NC(N)=NCCCC(NC(=O)C(CCCN=C(N)N)NC(=O)C(CO)NC(=O)C1CCCN1)C(=O)O. The van der Waals surface area contributed by atoms with Crippen LogP contribution in [0.25, 0.3) is 0 Å². The molecule has 0 radical (unpaired) electrons. The average molecular weight is 515 g/mol. The quantitative estimate of drug-likeness (QED) is 0.0530. The predicted octanol–water partition coefficient (Wildman–Crippen LogP) is -4.62. The van der Waals surface area contributed by atoms with Gasteiger partial charge in [0.2, 0.25) is 17.7 Å². The van der Waals surface area contributed by atoms with Crippen molar-refractivity contribution in [2.75, 3.05) is 26.2 Å². The van der Waals surface area contributed by atoms with Crippen LogP contribution in [0, 0.1) is 0 Å². The number of hydrogen-bond donors (Lipinski definition) is 10. The molecule has 16 nitrogen and oxygen atoms in total. The van der Waals surface area contributed by atoms with Crippen molar-refractivity contribution in [3.63, 3.8) is 0 Å². The molecule has 4 unspecified atom stereocenters. The van der Waals surface area contributed by atoms with Crippen molar-refractivity contribution < 1.29 is 29.4 Å². The van der Waals surface area contributed by atoms with Crippen molar-refractivity contribution in [1.82, 2.24) is 21.3 Å². The number of nitrogens with zero attached hydrogens (tertiary/aromatic N) is 2. The van der Waals surface area contributed by atoms with Crippen molar-refractivity contribution in [1.29, 1.82) is 0 Å². The third-order valence-corrected chi connectivity index (χ3v) is 5.33. The summed E-state index contributed by atoms with van der Waals surface area (Å²) < 4.78 is 0. The first-order chi connectivity index (χ1) is 17.0. The lowest BCUT2D eigenvalue weighted by atomic mass is 10.1. The topological polar surface area (TPSA) is 286 Å². The zero-order valence-corrected chi connectivity index (χ0v) is 20.1. The summed E-state index contributed by atoms with van der Waals surface area (Å²) in [7, 11) is 0. The van der Waals surface area contributed by atoms with E-state index in [1.807, 2.05) is 0 Å². The monoisotopic (exact) mass is 514 g/mol. The molecule has 0 aromatic carbocycles. The van der Waals surface area contributed by atoms with Crippen LogP contribution in [-0.4, -0.2) is 96.2 Å². The second kappa shape index (κ2) is 16.1. The predicted molar refractivity (Wildman–Crippen MR) is 131 cm³/mol. The number of aliphatic carboxylic acids is 1. The molecule has 4 atom stereocenters. The zero-order valence-electron chi connectivity index (χ0n) is 20.1. The van der Waals surface area contributed by atoms with Gasteiger partial charge in [-0.25, -0.2) is 4.79 Å². The number of nitrogens with one attached hydrogen (secondary N) is 4. The number of carbonyl (C=O) groups is 4. The highest BCUT2D eigenvalue weighted by Crippen LogP contribution is 2.06. The third-order valence-electron chi connectivity index (χ3n) is 5.33. The van der Waals surface area contributed by atoms with Crippen LogP contribution in [-0.2, 0) is 19.2 Å². The number of rotatable bonds is 16. The van der Waals surface area contributed by atoms with Crippen LogP contribution >= 0.6 is 0 Å². The molecular formula is C20H38N10O6. The van der Waals surface area contributed by atoms with E-state index in [0.717, 1.165) is 6.42 Å². The van der Waals surface area contributed by atoms with Gasteiger partial charge in [-0.05, 0) is 45.1 Å². The molecule has 1 aliphatic heterocycles. The van der Waals surface area contributed by atoms with Gasteiger partial charge in [-0.2, -0.15) is 0 Å². The average Bonchev–Trinajstić information content (AvgIpc) is 3.35. The van der Waals surface area contributed by atoms with Crippen molar-refractivity contribution in [2.45, 2.75) is 62.7 Å². The van der Waals surface area contributed by atoms with Crippen LogP contribution in [0.4, 0.5) is 0 Å². The minimum Gasteiger partial charge on any atom is -0.480 e. The fourth-order valence-corrected chi connectivity index (χ4v) is 3.45. The molecule has 0 saturated carbocycles. The summed E-state index contributed by atoms with van der Waals surface area (Å²) in [5.74, 6) is -3.56. The highest BCUT2D eigenvalue weighted by Gasteiger charge is 2.31. The Morgan fingerprint density at radius 1 is 0.861 bits per heavy atom. The van der Waals surface area contributed by atoms with Gasteiger partial charge in [0, 0.05) is 13.1 Å². The van der Waals surface area contributed by atoms with Gasteiger partial charge in [-0.15, -0.1) is 0 Å². The number of nitrogens with two attached hydrogens (primary N) is 4. The van der Waals surface area contributed by atoms with E-state index in [9.17, 15) is 29.4 Å². The molecule has 204 valence electrons. The highest BCUT2D eigenvalue weighted by atomic mass is 16.4. The van der Waals surface area contributed by atoms with Gasteiger partial charge in [0.05, 0.1) is 12.6 Å². The van der Waals surface area contributed by atoms with Crippen molar-refractivity contribution >= 4 is 35.6 Å². The maximum Gasteiger partial charge on any atom is 0.326 e. The Balaban J connectivity index is 2.85. The molecule has 3 amide bonds. The van der Waals surface area contributed by atoms with Crippen LogP contribution in [0.5, 0.6) is 0 Å². The van der Waals surface area contributed by atoms with Gasteiger partial charge in [0.25, 0.3) is 0 Å².